The largest absolute Gasteiger partial charge is 0.462 e. The number of allylic oxidation sites excluding steroid dienone is 12. The number of carbonyl (C=O) groups excluding carboxylic acids is 2. The van der Waals surface area contributed by atoms with Crippen molar-refractivity contribution in [3.05, 3.63) is 72.9 Å². The first-order valence-corrected chi connectivity index (χ1v) is 26.7. The zero-order chi connectivity index (χ0) is 45.9. The Kier molecular flexibility index (Phi) is 48.1. The van der Waals surface area contributed by atoms with Crippen LogP contribution in [-0.4, -0.2) is 46.9 Å². The van der Waals surface area contributed by atoms with Crippen LogP contribution >= 0.6 is 0 Å². The zero-order valence-electron chi connectivity index (χ0n) is 41.4. The second kappa shape index (κ2) is 50.3. The number of rotatable bonds is 47. The summed E-state index contributed by atoms with van der Waals surface area (Å²) in [5.74, 6) is -0.517. The maximum absolute atomic E-state index is 13.2. The number of carbonyl (C=O) groups is 2. The predicted octanol–water partition coefficient (Wildman–Crippen LogP) is 16.2. The molecule has 0 aromatic heterocycles. The van der Waals surface area contributed by atoms with E-state index in [0.717, 1.165) is 103 Å². The Balaban J connectivity index is 4.62. The molecule has 3 unspecified atom stereocenters. The van der Waals surface area contributed by atoms with Crippen LogP contribution in [-0.2, 0) is 14.3 Å². The second-order valence-corrected chi connectivity index (χ2v) is 18.0. The molecular weight excluding hydrogens is 779 g/mol. The number of aliphatic hydroxyl groups is 2. The predicted molar refractivity (Wildman–Crippen MR) is 273 cm³/mol. The average Bonchev–Trinajstić information content (AvgIpc) is 3.28. The maximum Gasteiger partial charge on any atom is 0.306 e. The third-order valence-corrected chi connectivity index (χ3v) is 11.9. The van der Waals surface area contributed by atoms with Gasteiger partial charge >= 0.3 is 5.97 Å². The fraction of sp³-hybridized carbons (Fsp3) is 0.754. The Bertz CT molecular complexity index is 1170. The van der Waals surface area contributed by atoms with E-state index in [4.69, 9.17) is 4.74 Å². The normalized spacial score (nSPS) is 13.8. The van der Waals surface area contributed by atoms with Gasteiger partial charge in [-0.2, -0.15) is 0 Å². The van der Waals surface area contributed by atoms with Crippen LogP contribution in [0.4, 0.5) is 0 Å². The first-order valence-electron chi connectivity index (χ1n) is 26.7. The Morgan fingerprint density at radius 1 is 0.476 bits per heavy atom. The standard InChI is InChI=1S/C57H101NO5/c1-4-7-10-13-16-19-22-25-26-27-28-29-32-35-38-41-44-47-50-57(62)63-53(48-45-42-39-36-33-30-23-20-17-14-11-8-5-2)51-56(61)58-54(52-59)55(60)49-46-43-40-37-34-31-24-21-18-15-12-9-6-3/h8,11,14,17,20,22-23,25-29,53-55,59-60H,4-7,9-10,12-13,15-16,18-19,21,24,30-52H2,1-3H3,(H,58,61)/b11-8+,17-14+,23-20+,25-22+,27-26+,29-28+. The molecule has 3 atom stereocenters. The van der Waals surface area contributed by atoms with Crippen molar-refractivity contribution >= 4 is 11.9 Å². The molecule has 0 radical (unpaired) electrons. The van der Waals surface area contributed by atoms with Gasteiger partial charge in [-0.1, -0.05) is 241 Å². The molecule has 0 saturated carbocycles. The average molecular weight is 880 g/mol. The Morgan fingerprint density at radius 2 is 0.857 bits per heavy atom. The monoisotopic (exact) mass is 880 g/mol. The van der Waals surface area contributed by atoms with E-state index in [-0.39, 0.29) is 24.9 Å². The number of unbranched alkanes of at least 4 members (excludes halogenated alkanes) is 27. The highest BCUT2D eigenvalue weighted by molar-refractivity contribution is 5.77. The van der Waals surface area contributed by atoms with Crippen molar-refractivity contribution in [2.45, 2.75) is 270 Å². The molecule has 0 bridgehead atoms. The number of nitrogens with one attached hydrogen (secondary N) is 1. The summed E-state index contributed by atoms with van der Waals surface area (Å²) in [6.07, 6.45) is 63.9. The van der Waals surface area contributed by atoms with Gasteiger partial charge in [0.25, 0.3) is 0 Å². The first-order chi connectivity index (χ1) is 31.0. The van der Waals surface area contributed by atoms with Crippen LogP contribution in [0.5, 0.6) is 0 Å². The molecule has 0 spiro atoms. The summed E-state index contributed by atoms with van der Waals surface area (Å²) >= 11 is 0. The van der Waals surface area contributed by atoms with Gasteiger partial charge in [0.05, 0.1) is 25.2 Å². The van der Waals surface area contributed by atoms with Crippen LogP contribution < -0.4 is 5.32 Å². The summed E-state index contributed by atoms with van der Waals surface area (Å²) in [5, 5.41) is 23.8. The Hall–Kier alpha value is -2.70. The van der Waals surface area contributed by atoms with E-state index in [1.807, 2.05) is 0 Å². The first kappa shape index (κ1) is 60.3. The van der Waals surface area contributed by atoms with E-state index in [0.29, 0.717) is 19.3 Å². The van der Waals surface area contributed by atoms with Gasteiger partial charge in [-0.3, -0.25) is 9.59 Å². The van der Waals surface area contributed by atoms with Crippen molar-refractivity contribution in [1.29, 1.82) is 0 Å². The third-order valence-electron chi connectivity index (χ3n) is 11.9. The van der Waals surface area contributed by atoms with E-state index < -0.39 is 18.2 Å². The summed E-state index contributed by atoms with van der Waals surface area (Å²) < 4.78 is 5.92. The molecule has 0 aliphatic rings. The quantitative estimate of drug-likeness (QED) is 0.0321. The van der Waals surface area contributed by atoms with Crippen molar-refractivity contribution < 1.29 is 24.5 Å². The van der Waals surface area contributed by atoms with E-state index >= 15 is 0 Å². The number of hydrogen-bond acceptors (Lipinski definition) is 5. The van der Waals surface area contributed by atoms with Crippen molar-refractivity contribution in [3.8, 4) is 0 Å². The van der Waals surface area contributed by atoms with Crippen molar-refractivity contribution in [1.82, 2.24) is 5.32 Å². The summed E-state index contributed by atoms with van der Waals surface area (Å²) in [7, 11) is 0. The highest BCUT2D eigenvalue weighted by atomic mass is 16.5. The number of amides is 1. The number of esters is 1. The van der Waals surface area contributed by atoms with Crippen LogP contribution in [0.3, 0.4) is 0 Å². The van der Waals surface area contributed by atoms with Crippen LogP contribution in [0.2, 0.25) is 0 Å². The topological polar surface area (TPSA) is 95.9 Å². The van der Waals surface area contributed by atoms with Gasteiger partial charge in [0.2, 0.25) is 5.91 Å². The smallest absolute Gasteiger partial charge is 0.306 e. The molecular formula is C57H101NO5. The molecule has 0 saturated heterocycles. The van der Waals surface area contributed by atoms with Gasteiger partial charge in [-0.05, 0) is 70.6 Å². The molecule has 1 amide bonds. The second-order valence-electron chi connectivity index (χ2n) is 18.0. The molecule has 63 heavy (non-hydrogen) atoms. The van der Waals surface area contributed by atoms with E-state index in [1.54, 1.807) is 0 Å². The van der Waals surface area contributed by atoms with Gasteiger partial charge in [0, 0.05) is 6.42 Å². The zero-order valence-corrected chi connectivity index (χ0v) is 41.4. The van der Waals surface area contributed by atoms with Crippen molar-refractivity contribution in [2.75, 3.05) is 6.61 Å². The van der Waals surface area contributed by atoms with E-state index in [2.05, 4.69) is 99.0 Å². The SMILES string of the molecule is CC/C=C/C=C/C=C/CCCCCCCC(CC(=O)NC(CO)C(O)CCCCCCCCCCCCCCC)OC(=O)CCCCCCC/C=C/C=C/C=C/CCCCCCC. The highest BCUT2D eigenvalue weighted by Gasteiger charge is 2.24. The van der Waals surface area contributed by atoms with Gasteiger partial charge < -0.3 is 20.3 Å². The van der Waals surface area contributed by atoms with Gasteiger partial charge in [-0.25, -0.2) is 0 Å². The minimum Gasteiger partial charge on any atom is -0.462 e. The lowest BCUT2D eigenvalue weighted by atomic mass is 10.0. The van der Waals surface area contributed by atoms with Crippen LogP contribution in [0.1, 0.15) is 252 Å². The molecule has 0 aromatic carbocycles. The Labute approximate surface area is 390 Å². The summed E-state index contributed by atoms with van der Waals surface area (Å²) in [6.45, 7) is 6.33. The minimum absolute atomic E-state index is 0.0532. The summed E-state index contributed by atoms with van der Waals surface area (Å²) in [6, 6.07) is -0.715. The summed E-state index contributed by atoms with van der Waals surface area (Å²) in [4.78, 5) is 26.2. The van der Waals surface area contributed by atoms with E-state index in [1.165, 1.54) is 103 Å². The molecule has 3 N–H and O–H groups in total. The van der Waals surface area contributed by atoms with Crippen LogP contribution in [0.15, 0.2) is 72.9 Å². The fourth-order valence-corrected chi connectivity index (χ4v) is 7.84. The molecule has 0 aromatic rings. The molecule has 0 aliphatic carbocycles. The summed E-state index contributed by atoms with van der Waals surface area (Å²) in [5.41, 5.74) is 0. The van der Waals surface area contributed by atoms with Crippen LogP contribution in [0, 0.1) is 0 Å². The lowest BCUT2D eigenvalue weighted by Crippen LogP contribution is -2.46. The number of hydrogen-bond donors (Lipinski definition) is 3. The molecule has 0 rings (SSSR count). The van der Waals surface area contributed by atoms with Crippen LogP contribution in [0.25, 0.3) is 0 Å². The number of aliphatic hydroxyl groups excluding tert-OH is 2. The molecule has 0 fully saturated rings. The molecule has 0 heterocycles. The molecule has 364 valence electrons. The molecule has 6 nitrogen and oxygen atoms in total. The lowest BCUT2D eigenvalue weighted by molar-refractivity contribution is -0.151. The third kappa shape index (κ3) is 45.7. The molecule has 6 heteroatoms. The van der Waals surface area contributed by atoms with Gasteiger partial charge in [-0.15, -0.1) is 0 Å². The Morgan fingerprint density at radius 3 is 1.29 bits per heavy atom. The number of ether oxygens (including phenoxy) is 1. The van der Waals surface area contributed by atoms with Crippen molar-refractivity contribution in [3.63, 3.8) is 0 Å². The highest BCUT2D eigenvalue weighted by Crippen LogP contribution is 2.18. The van der Waals surface area contributed by atoms with Gasteiger partial charge in [0.15, 0.2) is 0 Å². The fourth-order valence-electron chi connectivity index (χ4n) is 7.84. The van der Waals surface area contributed by atoms with E-state index in [9.17, 15) is 19.8 Å². The van der Waals surface area contributed by atoms with Gasteiger partial charge in [0.1, 0.15) is 6.10 Å². The van der Waals surface area contributed by atoms with Crippen molar-refractivity contribution in [2.24, 2.45) is 0 Å². The maximum atomic E-state index is 13.2. The minimum atomic E-state index is -0.800. The lowest BCUT2D eigenvalue weighted by Gasteiger charge is -2.24. The molecule has 0 aliphatic heterocycles.